The van der Waals surface area contributed by atoms with Crippen molar-refractivity contribution in [1.82, 2.24) is 0 Å². The van der Waals surface area contributed by atoms with E-state index in [0.29, 0.717) is 0 Å². The monoisotopic (exact) mass is 779 g/mol. The first-order chi connectivity index (χ1) is 30.2. The van der Waals surface area contributed by atoms with Crippen molar-refractivity contribution in [1.29, 1.82) is 0 Å². The van der Waals surface area contributed by atoms with Crippen molar-refractivity contribution in [2.45, 2.75) is 0 Å². The Morgan fingerprint density at radius 2 is 0.820 bits per heavy atom. The fraction of sp³-hybridized carbons (Fsp3) is 0. The quantitative estimate of drug-likeness (QED) is 0.161. The lowest BCUT2D eigenvalue weighted by Gasteiger charge is -2.26. The first-order valence-corrected chi connectivity index (χ1v) is 20.7. The molecule has 0 aliphatic heterocycles. The normalized spacial score (nSPS) is 11.6. The van der Waals surface area contributed by atoms with Crippen molar-refractivity contribution in [2.75, 3.05) is 4.90 Å². The molecule has 3 nitrogen and oxygen atoms in total. The highest BCUT2D eigenvalue weighted by molar-refractivity contribution is 6.23. The molecule has 0 unspecified atom stereocenters. The molecular weight excluding hydrogens is 743 g/mol. The molecule has 0 saturated heterocycles. The predicted octanol–water partition coefficient (Wildman–Crippen LogP) is 16.8. The van der Waals surface area contributed by atoms with E-state index in [2.05, 4.69) is 217 Å². The number of hydrogen-bond acceptors (Lipinski definition) is 3. The molecule has 2 heterocycles. The van der Waals surface area contributed by atoms with E-state index in [4.69, 9.17) is 8.83 Å². The Morgan fingerprint density at radius 1 is 0.279 bits per heavy atom. The van der Waals surface area contributed by atoms with Gasteiger partial charge in [-0.15, -0.1) is 0 Å². The average molecular weight is 780 g/mol. The molecule has 0 bridgehead atoms. The first kappa shape index (κ1) is 34.9. The first-order valence-electron chi connectivity index (χ1n) is 20.7. The predicted molar refractivity (Wildman–Crippen MR) is 255 cm³/mol. The summed E-state index contributed by atoms with van der Waals surface area (Å²) in [5.41, 5.74) is 15.5. The third-order valence-corrected chi connectivity index (χ3v) is 12.0. The molecule has 2 aromatic heterocycles. The van der Waals surface area contributed by atoms with E-state index in [1.165, 1.54) is 22.3 Å². The van der Waals surface area contributed by atoms with E-state index in [0.717, 1.165) is 94.0 Å². The van der Waals surface area contributed by atoms with E-state index in [-0.39, 0.29) is 0 Å². The van der Waals surface area contributed by atoms with Gasteiger partial charge in [-0.05, 0) is 92.4 Å². The Balaban J connectivity index is 1.13. The van der Waals surface area contributed by atoms with E-state index in [1.54, 1.807) is 0 Å². The van der Waals surface area contributed by atoms with Crippen LogP contribution in [0.4, 0.5) is 17.1 Å². The third kappa shape index (κ3) is 5.90. The van der Waals surface area contributed by atoms with Gasteiger partial charge in [-0.3, -0.25) is 0 Å². The molecule has 10 aromatic carbocycles. The number of nitrogens with zero attached hydrogens (tertiary/aromatic N) is 1. The van der Waals surface area contributed by atoms with Crippen LogP contribution in [0, 0.1) is 0 Å². The van der Waals surface area contributed by atoms with Crippen molar-refractivity contribution < 1.29 is 8.83 Å². The van der Waals surface area contributed by atoms with Crippen LogP contribution in [0.2, 0.25) is 0 Å². The largest absolute Gasteiger partial charge is 0.455 e. The molecule has 286 valence electrons. The number of furan rings is 2. The lowest BCUT2D eigenvalue weighted by molar-refractivity contribution is 0.668. The minimum Gasteiger partial charge on any atom is -0.455 e. The van der Waals surface area contributed by atoms with E-state index >= 15 is 0 Å². The fourth-order valence-corrected chi connectivity index (χ4v) is 9.19. The summed E-state index contributed by atoms with van der Waals surface area (Å²) in [7, 11) is 0. The summed E-state index contributed by atoms with van der Waals surface area (Å²) in [6, 6.07) is 79.7. The highest BCUT2D eigenvalue weighted by Gasteiger charge is 2.24. The number of hydrogen-bond donors (Lipinski definition) is 0. The van der Waals surface area contributed by atoms with E-state index in [1.807, 2.05) is 12.1 Å². The molecule has 12 rings (SSSR count). The van der Waals surface area contributed by atoms with Crippen LogP contribution >= 0.6 is 0 Å². The van der Waals surface area contributed by atoms with Gasteiger partial charge in [-0.1, -0.05) is 176 Å². The van der Waals surface area contributed by atoms with Crippen LogP contribution in [-0.4, -0.2) is 0 Å². The molecule has 0 fully saturated rings. The zero-order valence-corrected chi connectivity index (χ0v) is 33.1. The van der Waals surface area contributed by atoms with Gasteiger partial charge in [0.15, 0.2) is 5.58 Å². The molecule has 0 atom stereocenters. The maximum Gasteiger partial charge on any atom is 0.159 e. The smallest absolute Gasteiger partial charge is 0.159 e. The molecule has 0 spiro atoms. The SMILES string of the molecule is c1ccc(-c2ccc(N(c3cc(-c4ccccc4)c4c(c3)oc3c5ccccc5c(-c5cccc(-c6ccccc6)c5)cc34)c3cccc4c3oc3ccccc34)cc2)cc1. The van der Waals surface area contributed by atoms with Gasteiger partial charge >= 0.3 is 0 Å². The molecule has 0 N–H and O–H groups in total. The number of fused-ring (bicyclic) bond motifs is 8. The van der Waals surface area contributed by atoms with Crippen molar-refractivity contribution >= 4 is 71.7 Å². The van der Waals surface area contributed by atoms with Crippen LogP contribution in [0.5, 0.6) is 0 Å². The topological polar surface area (TPSA) is 29.5 Å². The van der Waals surface area contributed by atoms with Crippen LogP contribution in [0.25, 0.3) is 99.2 Å². The van der Waals surface area contributed by atoms with Gasteiger partial charge in [0.05, 0.1) is 11.4 Å². The zero-order chi connectivity index (χ0) is 40.3. The van der Waals surface area contributed by atoms with Gasteiger partial charge in [0.1, 0.15) is 16.7 Å². The molecule has 12 aromatic rings. The molecule has 0 radical (unpaired) electrons. The molecule has 0 aliphatic carbocycles. The highest BCUT2D eigenvalue weighted by Crippen LogP contribution is 2.48. The maximum absolute atomic E-state index is 7.14. The third-order valence-electron chi connectivity index (χ3n) is 12.0. The number of anilines is 3. The van der Waals surface area contributed by atoms with Crippen LogP contribution in [0.1, 0.15) is 0 Å². The Hall–Kier alpha value is -8.14. The van der Waals surface area contributed by atoms with E-state index < -0.39 is 0 Å². The van der Waals surface area contributed by atoms with Crippen molar-refractivity contribution in [3.8, 4) is 44.5 Å². The maximum atomic E-state index is 7.14. The summed E-state index contributed by atoms with van der Waals surface area (Å²) in [4.78, 5) is 2.32. The van der Waals surface area contributed by atoms with Gasteiger partial charge in [-0.25, -0.2) is 0 Å². The second-order valence-corrected chi connectivity index (χ2v) is 15.6. The summed E-state index contributed by atoms with van der Waals surface area (Å²) in [5, 5.41) is 6.56. The number of benzene rings is 10. The summed E-state index contributed by atoms with van der Waals surface area (Å²) < 4.78 is 13.9. The van der Waals surface area contributed by atoms with Gasteiger partial charge < -0.3 is 13.7 Å². The number of para-hydroxylation sites is 2. The summed E-state index contributed by atoms with van der Waals surface area (Å²) in [5.74, 6) is 0. The Labute approximate surface area is 353 Å². The molecule has 0 amide bonds. The highest BCUT2D eigenvalue weighted by atomic mass is 16.3. The van der Waals surface area contributed by atoms with Gasteiger partial charge in [0.2, 0.25) is 0 Å². The minimum atomic E-state index is 0.814. The van der Waals surface area contributed by atoms with Gasteiger partial charge in [-0.2, -0.15) is 0 Å². The van der Waals surface area contributed by atoms with Crippen molar-refractivity contribution in [3.63, 3.8) is 0 Å². The van der Waals surface area contributed by atoms with Crippen LogP contribution < -0.4 is 4.90 Å². The minimum absolute atomic E-state index is 0.814. The average Bonchev–Trinajstić information content (AvgIpc) is 3.91. The van der Waals surface area contributed by atoms with Gasteiger partial charge in [0.25, 0.3) is 0 Å². The second kappa shape index (κ2) is 14.3. The van der Waals surface area contributed by atoms with Crippen LogP contribution in [-0.2, 0) is 0 Å². The standard InChI is InChI=1S/C58H37NO2/c1-4-16-38(17-5-1)40-30-32-44(33-31-40)59(53-28-15-27-49-47-25-12-13-29-54(47)60-58(49)53)45-35-51(41-20-8-3-9-21-41)56-52-37-50(43-23-14-22-42(34-43)39-18-6-2-7-19-39)46-24-10-11-26-48(46)57(52)61-55(56)36-45/h1-37H. The summed E-state index contributed by atoms with van der Waals surface area (Å²) in [6.45, 7) is 0. The molecule has 61 heavy (non-hydrogen) atoms. The van der Waals surface area contributed by atoms with E-state index in [9.17, 15) is 0 Å². The fourth-order valence-electron chi connectivity index (χ4n) is 9.19. The van der Waals surface area contributed by atoms with Crippen molar-refractivity contribution in [3.05, 3.63) is 224 Å². The lowest BCUT2D eigenvalue weighted by atomic mass is 9.92. The summed E-state index contributed by atoms with van der Waals surface area (Å²) in [6.07, 6.45) is 0. The molecule has 0 saturated carbocycles. The van der Waals surface area contributed by atoms with Crippen LogP contribution in [0.3, 0.4) is 0 Å². The Bertz CT molecular complexity index is 3570. The van der Waals surface area contributed by atoms with Crippen LogP contribution in [0.15, 0.2) is 233 Å². The van der Waals surface area contributed by atoms with Crippen molar-refractivity contribution in [2.24, 2.45) is 0 Å². The second-order valence-electron chi connectivity index (χ2n) is 15.6. The Kier molecular flexibility index (Phi) is 8.17. The number of rotatable bonds is 7. The summed E-state index contributed by atoms with van der Waals surface area (Å²) >= 11 is 0. The zero-order valence-electron chi connectivity index (χ0n) is 33.1. The Morgan fingerprint density at radius 3 is 1.57 bits per heavy atom. The molecule has 3 heteroatoms. The van der Waals surface area contributed by atoms with Gasteiger partial charge in [0, 0.05) is 38.7 Å². The molecule has 0 aliphatic rings. The lowest BCUT2D eigenvalue weighted by Crippen LogP contribution is -2.10. The molecular formula is C58H37NO2.